The smallest absolute Gasteiger partial charge is 0.265 e. The molecule has 0 saturated heterocycles. The van der Waals surface area contributed by atoms with Crippen molar-refractivity contribution in [3.63, 3.8) is 0 Å². The predicted molar refractivity (Wildman–Crippen MR) is 113 cm³/mol. The molecule has 1 amide bonds. The number of carbonyl (C=O) groups is 2. The van der Waals surface area contributed by atoms with Crippen molar-refractivity contribution in [2.75, 3.05) is 23.4 Å². The first kappa shape index (κ1) is 18.5. The van der Waals surface area contributed by atoms with Crippen molar-refractivity contribution in [2.24, 2.45) is 0 Å². The number of benzene rings is 2. The van der Waals surface area contributed by atoms with Crippen LogP contribution >= 0.6 is 22.9 Å². The summed E-state index contributed by atoms with van der Waals surface area (Å²) in [4.78, 5) is 26.8. The molecule has 142 valence electrons. The Balaban J connectivity index is 1.55. The van der Waals surface area contributed by atoms with Crippen LogP contribution in [0.25, 0.3) is 0 Å². The number of halogens is 1. The van der Waals surface area contributed by atoms with Crippen LogP contribution in [0.5, 0.6) is 5.75 Å². The van der Waals surface area contributed by atoms with Gasteiger partial charge >= 0.3 is 0 Å². The topological polar surface area (TPSA) is 58.6 Å². The third-order valence-electron chi connectivity index (χ3n) is 4.39. The molecule has 1 aromatic heterocycles. The van der Waals surface area contributed by atoms with Gasteiger partial charge in [0.25, 0.3) is 5.91 Å². The summed E-state index contributed by atoms with van der Waals surface area (Å²) in [5.74, 6) is 0.520. The SMILES string of the molecule is CC(=O)c1cccc(NC(=O)c2ccc(N3CCOc4ccc(Cl)cc43)s2)c1. The van der Waals surface area contributed by atoms with E-state index in [1.807, 2.05) is 18.2 Å². The highest BCUT2D eigenvalue weighted by Crippen LogP contribution is 2.41. The Morgan fingerprint density at radius 2 is 2.00 bits per heavy atom. The maximum atomic E-state index is 12.6. The number of Topliss-reactive ketones (excluding diaryl/α,β-unsaturated/α-hetero) is 1. The molecule has 5 nitrogen and oxygen atoms in total. The second-order valence-corrected chi connectivity index (χ2v) is 7.84. The summed E-state index contributed by atoms with van der Waals surface area (Å²) in [6, 6.07) is 16.1. The molecule has 28 heavy (non-hydrogen) atoms. The second-order valence-electron chi connectivity index (χ2n) is 6.34. The number of thiophene rings is 1. The highest BCUT2D eigenvalue weighted by atomic mass is 35.5. The number of hydrogen-bond donors (Lipinski definition) is 1. The number of amides is 1. The van der Waals surface area contributed by atoms with Crippen molar-refractivity contribution >= 4 is 51.0 Å². The first-order valence-corrected chi connectivity index (χ1v) is 9.93. The summed E-state index contributed by atoms with van der Waals surface area (Å²) in [5, 5.41) is 4.43. The van der Waals surface area contributed by atoms with Gasteiger partial charge in [0.05, 0.1) is 22.1 Å². The van der Waals surface area contributed by atoms with E-state index in [1.165, 1.54) is 18.3 Å². The number of anilines is 3. The zero-order valence-electron chi connectivity index (χ0n) is 15.1. The fraction of sp³-hybridized carbons (Fsp3) is 0.143. The van der Waals surface area contributed by atoms with Gasteiger partial charge in [-0.05, 0) is 49.4 Å². The van der Waals surface area contributed by atoms with Crippen LogP contribution in [0.4, 0.5) is 16.4 Å². The van der Waals surface area contributed by atoms with E-state index >= 15 is 0 Å². The van der Waals surface area contributed by atoms with Crippen LogP contribution in [0.1, 0.15) is 27.0 Å². The maximum Gasteiger partial charge on any atom is 0.265 e. The quantitative estimate of drug-likeness (QED) is 0.584. The summed E-state index contributed by atoms with van der Waals surface area (Å²) in [5.41, 5.74) is 2.05. The largest absolute Gasteiger partial charge is 0.490 e. The first-order valence-electron chi connectivity index (χ1n) is 8.73. The fourth-order valence-electron chi connectivity index (χ4n) is 3.02. The Kier molecular flexibility index (Phi) is 5.07. The molecule has 1 aliphatic heterocycles. The molecule has 2 heterocycles. The molecular formula is C21H17ClN2O3S. The monoisotopic (exact) mass is 412 g/mol. The van der Waals surface area contributed by atoms with Crippen molar-refractivity contribution in [3.05, 3.63) is 70.1 Å². The minimum Gasteiger partial charge on any atom is -0.490 e. The van der Waals surface area contributed by atoms with E-state index in [0.717, 1.165) is 16.4 Å². The van der Waals surface area contributed by atoms with Gasteiger partial charge in [0.1, 0.15) is 12.4 Å². The maximum absolute atomic E-state index is 12.6. The summed E-state index contributed by atoms with van der Waals surface area (Å²) in [6.45, 7) is 2.74. The molecule has 0 aliphatic carbocycles. The Labute approximate surface area is 171 Å². The summed E-state index contributed by atoms with van der Waals surface area (Å²) in [6.07, 6.45) is 0. The zero-order valence-corrected chi connectivity index (χ0v) is 16.6. The summed E-state index contributed by atoms with van der Waals surface area (Å²) >= 11 is 7.54. The van der Waals surface area contributed by atoms with Gasteiger partial charge in [-0.2, -0.15) is 0 Å². The molecule has 0 spiro atoms. The fourth-order valence-corrected chi connectivity index (χ4v) is 4.13. The van der Waals surface area contributed by atoms with Crippen molar-refractivity contribution in [1.29, 1.82) is 0 Å². The van der Waals surface area contributed by atoms with Crippen LogP contribution in [-0.2, 0) is 0 Å². The highest BCUT2D eigenvalue weighted by molar-refractivity contribution is 7.18. The van der Waals surface area contributed by atoms with Crippen LogP contribution in [-0.4, -0.2) is 24.8 Å². The zero-order chi connectivity index (χ0) is 19.7. The van der Waals surface area contributed by atoms with Crippen molar-refractivity contribution in [3.8, 4) is 5.75 Å². The number of ketones is 1. The number of nitrogens with zero attached hydrogens (tertiary/aromatic N) is 1. The molecule has 0 saturated carbocycles. The third kappa shape index (κ3) is 3.74. The number of carbonyl (C=O) groups excluding carboxylic acids is 2. The second kappa shape index (κ2) is 7.66. The number of rotatable bonds is 4. The van der Waals surface area contributed by atoms with E-state index in [0.29, 0.717) is 34.3 Å². The highest BCUT2D eigenvalue weighted by Gasteiger charge is 2.22. The number of hydrogen-bond acceptors (Lipinski definition) is 5. The molecule has 0 atom stereocenters. The van der Waals surface area contributed by atoms with E-state index < -0.39 is 0 Å². The Morgan fingerprint density at radius 3 is 2.82 bits per heavy atom. The van der Waals surface area contributed by atoms with Crippen molar-refractivity contribution in [2.45, 2.75) is 6.92 Å². The molecule has 1 aliphatic rings. The Morgan fingerprint density at radius 1 is 1.14 bits per heavy atom. The Bertz CT molecular complexity index is 1060. The molecule has 0 unspecified atom stereocenters. The lowest BCUT2D eigenvalue weighted by Gasteiger charge is -2.30. The lowest BCUT2D eigenvalue weighted by atomic mass is 10.1. The van der Waals surface area contributed by atoms with Crippen molar-refractivity contribution in [1.82, 2.24) is 0 Å². The van der Waals surface area contributed by atoms with Gasteiger partial charge < -0.3 is 15.0 Å². The van der Waals surface area contributed by atoms with Crippen LogP contribution in [0.3, 0.4) is 0 Å². The van der Waals surface area contributed by atoms with Crippen molar-refractivity contribution < 1.29 is 14.3 Å². The first-order chi connectivity index (χ1) is 13.5. The normalized spacial score (nSPS) is 12.9. The van der Waals surface area contributed by atoms with Crippen LogP contribution < -0.4 is 15.0 Å². The summed E-state index contributed by atoms with van der Waals surface area (Å²) in [7, 11) is 0. The predicted octanol–water partition coefficient (Wildman–Crippen LogP) is 5.39. The minimum atomic E-state index is -0.212. The molecule has 1 N–H and O–H groups in total. The Hall–Kier alpha value is -2.83. The van der Waals surface area contributed by atoms with Crippen LogP contribution in [0.15, 0.2) is 54.6 Å². The van der Waals surface area contributed by atoms with Gasteiger partial charge in [-0.15, -0.1) is 11.3 Å². The van der Waals surface area contributed by atoms with Crippen LogP contribution in [0, 0.1) is 0 Å². The molecule has 0 fully saturated rings. The molecule has 3 aromatic rings. The minimum absolute atomic E-state index is 0.0425. The molecule has 2 aromatic carbocycles. The van der Waals surface area contributed by atoms with Gasteiger partial charge in [-0.25, -0.2) is 0 Å². The molecule has 4 rings (SSSR count). The van der Waals surface area contributed by atoms with E-state index in [1.54, 1.807) is 36.4 Å². The standard InChI is InChI=1S/C21H17ClN2O3S/c1-13(25)14-3-2-4-16(11-14)23-21(26)19-7-8-20(28-19)24-9-10-27-18-6-5-15(22)12-17(18)24/h2-8,11-12H,9-10H2,1H3,(H,23,26). The molecular weight excluding hydrogens is 396 g/mol. The van der Waals surface area contributed by atoms with E-state index in [4.69, 9.17) is 16.3 Å². The van der Waals surface area contributed by atoms with E-state index in [-0.39, 0.29) is 11.7 Å². The van der Waals surface area contributed by atoms with E-state index in [9.17, 15) is 9.59 Å². The molecule has 0 bridgehead atoms. The van der Waals surface area contributed by atoms with E-state index in [2.05, 4.69) is 10.2 Å². The number of nitrogens with one attached hydrogen (secondary N) is 1. The lowest BCUT2D eigenvalue weighted by Crippen LogP contribution is -2.27. The summed E-state index contributed by atoms with van der Waals surface area (Å²) < 4.78 is 5.69. The third-order valence-corrected chi connectivity index (χ3v) is 5.73. The number of fused-ring (bicyclic) bond motifs is 1. The van der Waals surface area contributed by atoms with Gasteiger partial charge in [0.15, 0.2) is 5.78 Å². The number of ether oxygens (including phenoxy) is 1. The molecule has 7 heteroatoms. The molecule has 0 radical (unpaired) electrons. The van der Waals surface area contributed by atoms with Gasteiger partial charge in [-0.3, -0.25) is 9.59 Å². The van der Waals surface area contributed by atoms with Crippen LogP contribution in [0.2, 0.25) is 5.02 Å². The lowest BCUT2D eigenvalue weighted by molar-refractivity contribution is 0.101. The van der Waals surface area contributed by atoms with Gasteiger partial charge in [0.2, 0.25) is 0 Å². The average molecular weight is 413 g/mol. The average Bonchev–Trinajstić information content (AvgIpc) is 3.18. The van der Waals surface area contributed by atoms with Gasteiger partial charge in [0, 0.05) is 16.3 Å². The van der Waals surface area contributed by atoms with Gasteiger partial charge in [-0.1, -0.05) is 23.7 Å².